The quantitative estimate of drug-likeness (QED) is 0.864. The maximum Gasteiger partial charge on any atom is 0.336 e. The maximum absolute atomic E-state index is 12.8. The standard InChI is InChI=1S/C17H14O3/c18-15(13-8-4-5-9-14(13)16(19)20)17(10-11-17)12-6-2-1-3-7-12/h1-9H,10-11H2,(H,19,20). The number of carboxylic acids is 1. The highest BCUT2D eigenvalue weighted by Crippen LogP contribution is 2.50. The fraction of sp³-hybridized carbons (Fsp3) is 0.176. The third-order valence-electron chi connectivity index (χ3n) is 3.91. The summed E-state index contributed by atoms with van der Waals surface area (Å²) < 4.78 is 0. The number of hydrogen-bond donors (Lipinski definition) is 1. The molecule has 2 aromatic rings. The van der Waals surface area contributed by atoms with Gasteiger partial charge in [-0.05, 0) is 24.5 Å². The Balaban J connectivity index is 2.04. The molecule has 0 unspecified atom stereocenters. The highest BCUT2D eigenvalue weighted by atomic mass is 16.4. The third kappa shape index (κ3) is 1.92. The van der Waals surface area contributed by atoms with Crippen LogP contribution in [0.3, 0.4) is 0 Å². The van der Waals surface area contributed by atoms with Crippen LogP contribution in [-0.2, 0) is 5.41 Å². The van der Waals surface area contributed by atoms with Gasteiger partial charge in [0.1, 0.15) is 0 Å². The van der Waals surface area contributed by atoms with Crippen molar-refractivity contribution in [2.24, 2.45) is 0 Å². The summed E-state index contributed by atoms with van der Waals surface area (Å²) in [6.07, 6.45) is 1.56. The molecule has 100 valence electrons. The molecule has 1 aliphatic carbocycles. The molecular weight excluding hydrogens is 252 g/mol. The Kier molecular flexibility index (Phi) is 2.90. The summed E-state index contributed by atoms with van der Waals surface area (Å²) in [5.74, 6) is -1.14. The molecular formula is C17H14O3. The molecule has 0 radical (unpaired) electrons. The zero-order valence-corrected chi connectivity index (χ0v) is 10.9. The van der Waals surface area contributed by atoms with Crippen LogP contribution >= 0.6 is 0 Å². The number of Topliss-reactive ketones (excluding diaryl/α,β-unsaturated/α-hetero) is 1. The van der Waals surface area contributed by atoms with Gasteiger partial charge in [0, 0.05) is 5.56 Å². The Labute approximate surface area is 116 Å². The fourth-order valence-corrected chi connectivity index (χ4v) is 2.65. The van der Waals surface area contributed by atoms with Gasteiger partial charge in [0.25, 0.3) is 0 Å². The molecule has 3 heteroatoms. The highest BCUT2D eigenvalue weighted by Gasteiger charge is 2.51. The summed E-state index contributed by atoms with van der Waals surface area (Å²) in [6.45, 7) is 0. The van der Waals surface area contributed by atoms with E-state index in [2.05, 4.69) is 0 Å². The molecule has 0 bridgehead atoms. The first-order chi connectivity index (χ1) is 9.65. The van der Waals surface area contributed by atoms with Gasteiger partial charge in [-0.2, -0.15) is 0 Å². The zero-order chi connectivity index (χ0) is 14.2. The van der Waals surface area contributed by atoms with Crippen LogP contribution in [-0.4, -0.2) is 16.9 Å². The molecule has 2 aromatic carbocycles. The number of rotatable bonds is 4. The Morgan fingerprint density at radius 3 is 1.95 bits per heavy atom. The van der Waals surface area contributed by atoms with Crippen LogP contribution in [0.25, 0.3) is 0 Å². The van der Waals surface area contributed by atoms with E-state index < -0.39 is 11.4 Å². The van der Waals surface area contributed by atoms with Crippen molar-refractivity contribution in [1.82, 2.24) is 0 Å². The van der Waals surface area contributed by atoms with Crippen molar-refractivity contribution in [3.63, 3.8) is 0 Å². The summed E-state index contributed by atoms with van der Waals surface area (Å²) in [4.78, 5) is 24.0. The normalized spacial score (nSPS) is 15.6. The van der Waals surface area contributed by atoms with Crippen molar-refractivity contribution in [2.75, 3.05) is 0 Å². The monoisotopic (exact) mass is 266 g/mol. The predicted octanol–water partition coefficient (Wildman–Crippen LogP) is 3.30. The second-order valence-corrected chi connectivity index (χ2v) is 5.13. The zero-order valence-electron chi connectivity index (χ0n) is 10.9. The van der Waals surface area contributed by atoms with Crippen LogP contribution in [0.4, 0.5) is 0 Å². The Hall–Kier alpha value is -2.42. The summed E-state index contributed by atoms with van der Waals surface area (Å²) in [7, 11) is 0. The molecule has 0 amide bonds. The first-order valence-electron chi connectivity index (χ1n) is 6.58. The number of carbonyl (C=O) groups excluding carboxylic acids is 1. The van der Waals surface area contributed by atoms with E-state index in [9.17, 15) is 14.7 Å². The lowest BCUT2D eigenvalue weighted by molar-refractivity contribution is 0.0691. The van der Waals surface area contributed by atoms with Crippen molar-refractivity contribution in [2.45, 2.75) is 18.3 Å². The van der Waals surface area contributed by atoms with Gasteiger partial charge in [0.15, 0.2) is 5.78 Å². The molecule has 3 nitrogen and oxygen atoms in total. The largest absolute Gasteiger partial charge is 0.478 e. The van der Waals surface area contributed by atoms with Crippen molar-refractivity contribution in [3.05, 3.63) is 71.3 Å². The van der Waals surface area contributed by atoms with E-state index in [0.717, 1.165) is 18.4 Å². The molecule has 0 spiro atoms. The van der Waals surface area contributed by atoms with Crippen LogP contribution < -0.4 is 0 Å². The van der Waals surface area contributed by atoms with Gasteiger partial charge in [-0.1, -0.05) is 48.5 Å². The van der Waals surface area contributed by atoms with Gasteiger partial charge in [0.05, 0.1) is 11.0 Å². The molecule has 1 aliphatic rings. The van der Waals surface area contributed by atoms with E-state index in [1.807, 2.05) is 30.3 Å². The van der Waals surface area contributed by atoms with Gasteiger partial charge in [-0.3, -0.25) is 4.79 Å². The maximum atomic E-state index is 12.8. The van der Waals surface area contributed by atoms with E-state index in [0.29, 0.717) is 5.56 Å². The average molecular weight is 266 g/mol. The van der Waals surface area contributed by atoms with E-state index >= 15 is 0 Å². The number of aromatic carboxylic acids is 1. The SMILES string of the molecule is O=C(O)c1ccccc1C(=O)C1(c2ccccc2)CC1. The molecule has 1 N–H and O–H groups in total. The lowest BCUT2D eigenvalue weighted by atomic mass is 9.86. The topological polar surface area (TPSA) is 54.4 Å². The third-order valence-corrected chi connectivity index (χ3v) is 3.91. The van der Waals surface area contributed by atoms with Crippen molar-refractivity contribution in [1.29, 1.82) is 0 Å². The Morgan fingerprint density at radius 2 is 1.40 bits per heavy atom. The van der Waals surface area contributed by atoms with E-state index in [4.69, 9.17) is 0 Å². The number of ketones is 1. The second kappa shape index (κ2) is 4.60. The molecule has 0 saturated heterocycles. The molecule has 0 atom stereocenters. The minimum atomic E-state index is -1.06. The van der Waals surface area contributed by atoms with Crippen molar-refractivity contribution in [3.8, 4) is 0 Å². The van der Waals surface area contributed by atoms with Crippen LogP contribution in [0.1, 0.15) is 39.1 Å². The highest BCUT2D eigenvalue weighted by molar-refractivity contribution is 6.12. The summed E-state index contributed by atoms with van der Waals surface area (Å²) in [5, 5.41) is 9.22. The van der Waals surface area contributed by atoms with Crippen LogP contribution in [0.15, 0.2) is 54.6 Å². The molecule has 1 fully saturated rings. The predicted molar refractivity (Wildman–Crippen MR) is 75.1 cm³/mol. The molecule has 0 aliphatic heterocycles. The van der Waals surface area contributed by atoms with Gasteiger partial charge < -0.3 is 5.11 Å². The lowest BCUT2D eigenvalue weighted by Crippen LogP contribution is -2.23. The number of benzene rings is 2. The molecule has 0 heterocycles. The minimum Gasteiger partial charge on any atom is -0.478 e. The minimum absolute atomic E-state index is 0.0818. The molecule has 3 rings (SSSR count). The summed E-state index contributed by atoms with van der Waals surface area (Å²) in [6, 6.07) is 16.0. The van der Waals surface area contributed by atoms with Gasteiger partial charge in [0.2, 0.25) is 0 Å². The number of carbonyl (C=O) groups is 2. The number of carboxylic acid groups (broad SMARTS) is 1. The summed E-state index contributed by atoms with van der Waals surface area (Å²) in [5.41, 5.74) is 0.846. The van der Waals surface area contributed by atoms with E-state index in [-0.39, 0.29) is 11.3 Å². The van der Waals surface area contributed by atoms with Crippen LogP contribution in [0, 0.1) is 0 Å². The van der Waals surface area contributed by atoms with E-state index in [1.54, 1.807) is 18.2 Å². The first kappa shape index (κ1) is 12.6. The second-order valence-electron chi connectivity index (χ2n) is 5.13. The molecule has 0 aromatic heterocycles. The number of hydrogen-bond acceptors (Lipinski definition) is 2. The fourth-order valence-electron chi connectivity index (χ4n) is 2.65. The van der Waals surface area contributed by atoms with Crippen LogP contribution in [0.5, 0.6) is 0 Å². The average Bonchev–Trinajstić information content (AvgIpc) is 3.29. The molecule has 20 heavy (non-hydrogen) atoms. The Morgan fingerprint density at radius 1 is 0.850 bits per heavy atom. The van der Waals surface area contributed by atoms with E-state index in [1.165, 1.54) is 6.07 Å². The van der Waals surface area contributed by atoms with Crippen molar-refractivity contribution < 1.29 is 14.7 Å². The van der Waals surface area contributed by atoms with Gasteiger partial charge in [-0.15, -0.1) is 0 Å². The van der Waals surface area contributed by atoms with Gasteiger partial charge >= 0.3 is 5.97 Å². The molecule has 1 saturated carbocycles. The van der Waals surface area contributed by atoms with Crippen molar-refractivity contribution >= 4 is 11.8 Å². The van der Waals surface area contributed by atoms with Crippen LogP contribution in [0.2, 0.25) is 0 Å². The first-order valence-corrected chi connectivity index (χ1v) is 6.58. The summed E-state index contributed by atoms with van der Waals surface area (Å²) >= 11 is 0. The Bertz CT molecular complexity index is 670. The smallest absolute Gasteiger partial charge is 0.336 e. The lowest BCUT2D eigenvalue weighted by Gasteiger charge is -2.15. The van der Waals surface area contributed by atoms with Gasteiger partial charge in [-0.25, -0.2) is 4.79 Å².